The van der Waals surface area contributed by atoms with Crippen LogP contribution in [-0.2, 0) is 7.05 Å². The molecule has 2 aromatic rings. The third kappa shape index (κ3) is 1.13. The predicted octanol–water partition coefficient (Wildman–Crippen LogP) is 0.871. The summed E-state index contributed by atoms with van der Waals surface area (Å²) < 4.78 is 1.76. The summed E-state index contributed by atoms with van der Waals surface area (Å²) in [5.74, 6) is 5.99. The van der Waals surface area contributed by atoms with Crippen LogP contribution in [0.25, 0.3) is 11.0 Å². The molecule has 0 saturated heterocycles. The first-order valence-corrected chi connectivity index (χ1v) is 4.41. The molecule has 14 heavy (non-hydrogen) atoms. The zero-order valence-corrected chi connectivity index (χ0v) is 8.50. The Labute approximate surface area is 81.9 Å². The second-order valence-corrected chi connectivity index (χ2v) is 3.38. The Bertz CT molecular complexity index is 485. The Hall–Kier alpha value is -1.62. The van der Waals surface area contributed by atoms with Crippen molar-refractivity contribution in [3.05, 3.63) is 17.3 Å². The number of hydrogen-bond donors (Lipinski definition) is 2. The Morgan fingerprint density at radius 2 is 2.14 bits per heavy atom. The van der Waals surface area contributed by atoms with Crippen LogP contribution in [0.1, 0.15) is 11.3 Å². The van der Waals surface area contributed by atoms with E-state index in [1.54, 1.807) is 4.68 Å². The second-order valence-electron chi connectivity index (χ2n) is 3.38. The topological polar surface area (TPSA) is 68.8 Å². The molecule has 3 N–H and O–H groups in total. The van der Waals surface area contributed by atoms with Gasteiger partial charge in [0.1, 0.15) is 5.82 Å². The fourth-order valence-electron chi connectivity index (χ4n) is 1.73. The smallest absolute Gasteiger partial charge is 0.160 e. The standard InChI is InChI=1S/C9H13N5/c1-5-4-7(12-10)11-9-8(5)6(2)13-14(9)3/h4H,10H2,1-3H3,(H,11,12). The largest absolute Gasteiger partial charge is 0.308 e. The molecule has 0 atom stereocenters. The Kier molecular flexibility index (Phi) is 1.89. The molecule has 0 spiro atoms. The molecule has 0 saturated carbocycles. The lowest BCUT2D eigenvalue weighted by Gasteiger charge is -2.02. The van der Waals surface area contributed by atoms with Crippen molar-refractivity contribution in [2.45, 2.75) is 13.8 Å². The fraction of sp³-hybridized carbons (Fsp3) is 0.333. The zero-order valence-electron chi connectivity index (χ0n) is 8.50. The molecule has 5 heteroatoms. The summed E-state index contributed by atoms with van der Waals surface area (Å²) in [6.07, 6.45) is 0. The van der Waals surface area contributed by atoms with E-state index in [4.69, 9.17) is 5.84 Å². The monoisotopic (exact) mass is 191 g/mol. The normalized spacial score (nSPS) is 10.9. The van der Waals surface area contributed by atoms with Crippen LogP contribution >= 0.6 is 0 Å². The summed E-state index contributed by atoms with van der Waals surface area (Å²) in [4.78, 5) is 4.34. The first kappa shape index (κ1) is 8.96. The highest BCUT2D eigenvalue weighted by Gasteiger charge is 2.09. The lowest BCUT2D eigenvalue weighted by atomic mass is 10.2. The minimum atomic E-state index is 0.665. The van der Waals surface area contributed by atoms with Crippen molar-refractivity contribution in [1.29, 1.82) is 0 Å². The van der Waals surface area contributed by atoms with Gasteiger partial charge in [0, 0.05) is 12.4 Å². The van der Waals surface area contributed by atoms with E-state index in [1.807, 2.05) is 27.0 Å². The van der Waals surface area contributed by atoms with Crippen LogP contribution in [0.15, 0.2) is 6.07 Å². The number of aryl methyl sites for hydroxylation is 3. The summed E-state index contributed by atoms with van der Waals surface area (Å²) in [7, 11) is 1.88. The summed E-state index contributed by atoms with van der Waals surface area (Å²) in [5.41, 5.74) is 5.53. The molecular formula is C9H13N5. The lowest BCUT2D eigenvalue weighted by molar-refractivity contribution is 0.774. The third-order valence-corrected chi connectivity index (χ3v) is 2.31. The molecule has 0 bridgehead atoms. The average Bonchev–Trinajstić information content (AvgIpc) is 2.42. The number of nitrogen functional groups attached to an aromatic ring is 1. The minimum absolute atomic E-state index is 0.665. The SMILES string of the molecule is Cc1cc(NN)nc2c1c(C)nn2C. The van der Waals surface area contributed by atoms with Gasteiger partial charge in [-0.15, -0.1) is 0 Å². The molecule has 0 fully saturated rings. The maximum Gasteiger partial charge on any atom is 0.160 e. The van der Waals surface area contributed by atoms with Gasteiger partial charge in [0.2, 0.25) is 0 Å². The number of hydrazine groups is 1. The van der Waals surface area contributed by atoms with E-state index in [1.165, 1.54) is 0 Å². The lowest BCUT2D eigenvalue weighted by Crippen LogP contribution is -2.09. The van der Waals surface area contributed by atoms with Crippen molar-refractivity contribution < 1.29 is 0 Å². The number of hydrogen-bond acceptors (Lipinski definition) is 4. The van der Waals surface area contributed by atoms with E-state index in [0.717, 1.165) is 22.3 Å². The molecule has 0 aliphatic carbocycles. The minimum Gasteiger partial charge on any atom is -0.308 e. The number of aromatic nitrogens is 3. The molecule has 0 amide bonds. The van der Waals surface area contributed by atoms with E-state index >= 15 is 0 Å². The highest BCUT2D eigenvalue weighted by atomic mass is 15.3. The quantitative estimate of drug-likeness (QED) is 0.518. The van der Waals surface area contributed by atoms with Crippen LogP contribution in [-0.4, -0.2) is 14.8 Å². The number of anilines is 1. The molecule has 5 nitrogen and oxygen atoms in total. The molecule has 2 aromatic heterocycles. The van der Waals surface area contributed by atoms with Gasteiger partial charge in [-0.25, -0.2) is 10.8 Å². The van der Waals surface area contributed by atoms with Gasteiger partial charge in [-0.3, -0.25) is 4.68 Å². The molecule has 0 unspecified atom stereocenters. The first-order chi connectivity index (χ1) is 6.63. The fourth-order valence-corrected chi connectivity index (χ4v) is 1.73. The predicted molar refractivity (Wildman–Crippen MR) is 55.8 cm³/mol. The maximum absolute atomic E-state index is 5.32. The van der Waals surface area contributed by atoms with Crippen molar-refractivity contribution in [2.75, 3.05) is 5.43 Å². The summed E-state index contributed by atoms with van der Waals surface area (Å²) in [5, 5.41) is 5.42. The van der Waals surface area contributed by atoms with Crippen LogP contribution in [0.3, 0.4) is 0 Å². The van der Waals surface area contributed by atoms with Gasteiger partial charge in [0.05, 0.1) is 5.69 Å². The summed E-state index contributed by atoms with van der Waals surface area (Å²) in [6, 6.07) is 1.91. The van der Waals surface area contributed by atoms with Crippen LogP contribution in [0, 0.1) is 13.8 Å². The van der Waals surface area contributed by atoms with Gasteiger partial charge in [-0.2, -0.15) is 5.10 Å². The Morgan fingerprint density at radius 1 is 1.43 bits per heavy atom. The van der Waals surface area contributed by atoms with E-state index in [0.29, 0.717) is 5.82 Å². The molecule has 0 radical (unpaired) electrons. The van der Waals surface area contributed by atoms with Crippen molar-refractivity contribution in [3.8, 4) is 0 Å². The number of nitrogens with one attached hydrogen (secondary N) is 1. The van der Waals surface area contributed by atoms with Gasteiger partial charge < -0.3 is 5.43 Å². The van der Waals surface area contributed by atoms with Gasteiger partial charge in [0.15, 0.2) is 5.65 Å². The molecule has 2 heterocycles. The summed E-state index contributed by atoms with van der Waals surface area (Å²) in [6.45, 7) is 4.01. The molecule has 2 rings (SSSR count). The van der Waals surface area contributed by atoms with Gasteiger partial charge in [0.25, 0.3) is 0 Å². The second kappa shape index (κ2) is 2.95. The molecule has 0 aliphatic heterocycles. The number of nitrogens with two attached hydrogens (primary N) is 1. The summed E-state index contributed by atoms with van der Waals surface area (Å²) >= 11 is 0. The van der Waals surface area contributed by atoms with Gasteiger partial charge in [-0.1, -0.05) is 0 Å². The van der Waals surface area contributed by atoms with E-state index in [2.05, 4.69) is 15.5 Å². The Balaban J connectivity index is 2.86. The highest BCUT2D eigenvalue weighted by Crippen LogP contribution is 2.21. The molecule has 0 aliphatic rings. The zero-order chi connectivity index (χ0) is 10.3. The van der Waals surface area contributed by atoms with E-state index < -0.39 is 0 Å². The van der Waals surface area contributed by atoms with Crippen LogP contribution in [0.5, 0.6) is 0 Å². The number of fused-ring (bicyclic) bond motifs is 1. The van der Waals surface area contributed by atoms with Crippen molar-refractivity contribution in [1.82, 2.24) is 14.8 Å². The van der Waals surface area contributed by atoms with Gasteiger partial charge >= 0.3 is 0 Å². The van der Waals surface area contributed by atoms with Crippen molar-refractivity contribution in [2.24, 2.45) is 12.9 Å². The van der Waals surface area contributed by atoms with Crippen LogP contribution < -0.4 is 11.3 Å². The maximum atomic E-state index is 5.32. The first-order valence-electron chi connectivity index (χ1n) is 4.41. The van der Waals surface area contributed by atoms with E-state index in [-0.39, 0.29) is 0 Å². The van der Waals surface area contributed by atoms with Crippen LogP contribution in [0.2, 0.25) is 0 Å². The molecular weight excluding hydrogens is 178 g/mol. The highest BCUT2D eigenvalue weighted by molar-refractivity contribution is 5.83. The number of nitrogens with zero attached hydrogens (tertiary/aromatic N) is 3. The third-order valence-electron chi connectivity index (χ3n) is 2.31. The van der Waals surface area contributed by atoms with Gasteiger partial charge in [-0.05, 0) is 25.5 Å². The average molecular weight is 191 g/mol. The number of pyridine rings is 1. The van der Waals surface area contributed by atoms with Crippen molar-refractivity contribution >= 4 is 16.9 Å². The van der Waals surface area contributed by atoms with Crippen LogP contribution in [0.4, 0.5) is 5.82 Å². The van der Waals surface area contributed by atoms with Crippen molar-refractivity contribution in [3.63, 3.8) is 0 Å². The van der Waals surface area contributed by atoms with E-state index in [9.17, 15) is 0 Å². The molecule has 0 aromatic carbocycles. The molecule has 74 valence electrons. The Morgan fingerprint density at radius 3 is 2.79 bits per heavy atom. The number of rotatable bonds is 1.